The molecule has 1 heterocycles. The normalized spacial score (nSPS) is 16.6. The van der Waals surface area contributed by atoms with E-state index in [1.165, 1.54) is 12.8 Å². The summed E-state index contributed by atoms with van der Waals surface area (Å²) >= 11 is 3.40. The number of unbranched alkanes of at least 4 members (excludes halogenated alkanes) is 2. The monoisotopic (exact) mass is 321 g/mol. The van der Waals surface area contributed by atoms with Crippen molar-refractivity contribution in [3.8, 4) is 0 Å². The first kappa shape index (κ1) is 15.8. The summed E-state index contributed by atoms with van der Waals surface area (Å²) in [4.78, 5) is 13.3. The Bertz CT molecular complexity index is 259. The molecule has 1 fully saturated rings. The van der Waals surface area contributed by atoms with Gasteiger partial charge in [0, 0.05) is 11.9 Å². The third kappa shape index (κ3) is 6.05. The van der Waals surface area contributed by atoms with E-state index < -0.39 is 5.60 Å². The van der Waals surface area contributed by atoms with Crippen LogP contribution in [-0.4, -0.2) is 47.7 Å². The zero-order chi connectivity index (χ0) is 13.6. The quantitative estimate of drug-likeness (QED) is 0.557. The maximum Gasteiger partial charge on any atom is 0.410 e. The van der Waals surface area contributed by atoms with Crippen LogP contribution in [0.5, 0.6) is 0 Å². The molecule has 18 heavy (non-hydrogen) atoms. The van der Waals surface area contributed by atoms with E-state index >= 15 is 0 Å². The minimum absolute atomic E-state index is 0.196. The number of carbonyl (C=O) groups excluding carboxylic acids is 1. The van der Waals surface area contributed by atoms with Crippen molar-refractivity contribution < 1.29 is 14.3 Å². The lowest BCUT2D eigenvalue weighted by Crippen LogP contribution is -2.55. The fourth-order valence-corrected chi connectivity index (χ4v) is 2.04. The van der Waals surface area contributed by atoms with Crippen LogP contribution < -0.4 is 0 Å². The van der Waals surface area contributed by atoms with Gasteiger partial charge in [-0.05, 0) is 33.6 Å². The lowest BCUT2D eigenvalue weighted by molar-refractivity contribution is -0.0636. The summed E-state index contributed by atoms with van der Waals surface area (Å²) in [7, 11) is 0. The second-order valence-electron chi connectivity index (χ2n) is 5.63. The number of nitrogens with zero attached hydrogens (tertiary/aromatic N) is 1. The highest BCUT2D eigenvalue weighted by Gasteiger charge is 2.34. The summed E-state index contributed by atoms with van der Waals surface area (Å²) in [6.07, 6.45) is 3.43. The van der Waals surface area contributed by atoms with Gasteiger partial charge in [0.25, 0.3) is 0 Å². The van der Waals surface area contributed by atoms with Gasteiger partial charge < -0.3 is 14.4 Å². The van der Waals surface area contributed by atoms with Crippen molar-refractivity contribution in [2.24, 2.45) is 0 Å². The van der Waals surface area contributed by atoms with Crippen LogP contribution in [0.15, 0.2) is 0 Å². The van der Waals surface area contributed by atoms with Gasteiger partial charge in [-0.15, -0.1) is 0 Å². The van der Waals surface area contributed by atoms with E-state index in [9.17, 15) is 4.79 Å². The molecule has 106 valence electrons. The minimum atomic E-state index is -0.418. The van der Waals surface area contributed by atoms with Crippen LogP contribution in [0.2, 0.25) is 0 Å². The number of halogens is 1. The third-order valence-electron chi connectivity index (χ3n) is 2.63. The highest BCUT2D eigenvalue weighted by Crippen LogP contribution is 2.17. The summed E-state index contributed by atoms with van der Waals surface area (Å²) in [6.45, 7) is 7.74. The summed E-state index contributed by atoms with van der Waals surface area (Å²) in [5.41, 5.74) is -0.418. The molecule has 0 aromatic carbocycles. The van der Waals surface area contributed by atoms with Gasteiger partial charge in [0.15, 0.2) is 0 Å². The zero-order valence-electron chi connectivity index (χ0n) is 11.6. The molecule has 1 aliphatic rings. The Labute approximate surface area is 118 Å². The van der Waals surface area contributed by atoms with E-state index in [1.54, 1.807) is 4.90 Å². The van der Waals surface area contributed by atoms with Gasteiger partial charge in [-0.25, -0.2) is 4.79 Å². The van der Waals surface area contributed by atoms with E-state index in [4.69, 9.17) is 9.47 Å². The largest absolute Gasteiger partial charge is 0.444 e. The number of alkyl halides is 1. The second kappa shape index (κ2) is 7.34. The highest BCUT2D eigenvalue weighted by molar-refractivity contribution is 9.09. The second-order valence-corrected chi connectivity index (χ2v) is 6.42. The molecule has 1 rings (SSSR count). The van der Waals surface area contributed by atoms with Gasteiger partial charge in [-0.3, -0.25) is 0 Å². The van der Waals surface area contributed by atoms with Crippen molar-refractivity contribution in [3.05, 3.63) is 0 Å². The molecule has 0 N–H and O–H groups in total. The maximum atomic E-state index is 11.6. The van der Waals surface area contributed by atoms with Gasteiger partial charge in [0.1, 0.15) is 5.60 Å². The van der Waals surface area contributed by atoms with Crippen LogP contribution in [-0.2, 0) is 9.47 Å². The molecule has 0 radical (unpaired) electrons. The molecule has 0 saturated carbocycles. The lowest BCUT2D eigenvalue weighted by Gasteiger charge is -2.39. The molecule has 1 aliphatic heterocycles. The van der Waals surface area contributed by atoms with Crippen molar-refractivity contribution in [1.29, 1.82) is 0 Å². The number of rotatable bonds is 6. The fraction of sp³-hybridized carbons (Fsp3) is 0.923. The van der Waals surface area contributed by atoms with Crippen LogP contribution in [0.1, 0.15) is 40.0 Å². The van der Waals surface area contributed by atoms with Crippen molar-refractivity contribution >= 4 is 22.0 Å². The average Bonchev–Trinajstić information content (AvgIpc) is 2.17. The third-order valence-corrected chi connectivity index (χ3v) is 3.19. The summed E-state index contributed by atoms with van der Waals surface area (Å²) in [6, 6.07) is 0. The predicted octanol–water partition coefficient (Wildman–Crippen LogP) is 3.19. The first-order chi connectivity index (χ1) is 8.42. The molecule has 1 saturated heterocycles. The standard InChI is InChI=1S/C13H24BrNO3/c1-13(2,3)18-12(16)15-9-11(10-15)17-8-6-4-5-7-14/h11H,4-10H2,1-3H3. The Morgan fingerprint density at radius 3 is 2.50 bits per heavy atom. The molecule has 0 atom stereocenters. The van der Waals surface area contributed by atoms with E-state index in [2.05, 4.69) is 15.9 Å². The van der Waals surface area contributed by atoms with Crippen molar-refractivity contribution in [2.45, 2.75) is 51.7 Å². The molecule has 0 unspecified atom stereocenters. The molecule has 0 bridgehead atoms. The van der Waals surface area contributed by atoms with Gasteiger partial charge in [-0.1, -0.05) is 22.4 Å². The summed E-state index contributed by atoms with van der Waals surface area (Å²) in [5, 5.41) is 1.06. The number of carbonyl (C=O) groups is 1. The van der Waals surface area contributed by atoms with Crippen LogP contribution in [0.25, 0.3) is 0 Å². The van der Waals surface area contributed by atoms with Crippen molar-refractivity contribution in [3.63, 3.8) is 0 Å². The van der Waals surface area contributed by atoms with E-state index in [0.717, 1.165) is 18.4 Å². The summed E-state index contributed by atoms with van der Waals surface area (Å²) in [5.74, 6) is 0. The molecule has 0 spiro atoms. The van der Waals surface area contributed by atoms with Gasteiger partial charge >= 0.3 is 6.09 Å². The van der Waals surface area contributed by atoms with Crippen LogP contribution in [0.4, 0.5) is 4.79 Å². The predicted molar refractivity (Wildman–Crippen MR) is 75.2 cm³/mol. The lowest BCUT2D eigenvalue weighted by atomic mass is 10.1. The number of hydrogen-bond acceptors (Lipinski definition) is 3. The van der Waals surface area contributed by atoms with Crippen LogP contribution in [0, 0.1) is 0 Å². The van der Waals surface area contributed by atoms with Crippen LogP contribution >= 0.6 is 15.9 Å². The fourth-order valence-electron chi connectivity index (χ4n) is 1.64. The van der Waals surface area contributed by atoms with E-state index in [1.807, 2.05) is 20.8 Å². The number of hydrogen-bond donors (Lipinski definition) is 0. The van der Waals surface area contributed by atoms with E-state index in [0.29, 0.717) is 13.1 Å². The Morgan fingerprint density at radius 1 is 1.28 bits per heavy atom. The Morgan fingerprint density at radius 2 is 1.94 bits per heavy atom. The summed E-state index contributed by atoms with van der Waals surface area (Å²) < 4.78 is 10.9. The maximum absolute atomic E-state index is 11.6. The average molecular weight is 322 g/mol. The Kier molecular flexibility index (Phi) is 6.43. The first-order valence-electron chi connectivity index (χ1n) is 6.58. The molecule has 5 heteroatoms. The van der Waals surface area contributed by atoms with Gasteiger partial charge in [-0.2, -0.15) is 0 Å². The molecule has 0 aliphatic carbocycles. The first-order valence-corrected chi connectivity index (χ1v) is 7.70. The van der Waals surface area contributed by atoms with Crippen molar-refractivity contribution in [2.75, 3.05) is 25.0 Å². The molecular formula is C13H24BrNO3. The number of ether oxygens (including phenoxy) is 2. The van der Waals surface area contributed by atoms with Crippen molar-refractivity contribution in [1.82, 2.24) is 4.90 Å². The number of likely N-dealkylation sites (tertiary alicyclic amines) is 1. The van der Waals surface area contributed by atoms with Gasteiger partial charge in [0.2, 0.25) is 0 Å². The molecular weight excluding hydrogens is 298 g/mol. The topological polar surface area (TPSA) is 38.8 Å². The highest BCUT2D eigenvalue weighted by atomic mass is 79.9. The smallest absolute Gasteiger partial charge is 0.410 e. The molecule has 0 aromatic rings. The SMILES string of the molecule is CC(C)(C)OC(=O)N1CC(OCCCCCBr)C1. The Balaban J connectivity index is 2.04. The van der Waals surface area contributed by atoms with Gasteiger partial charge in [0.05, 0.1) is 19.2 Å². The molecule has 0 aromatic heterocycles. The Hall–Kier alpha value is -0.290. The van der Waals surface area contributed by atoms with E-state index in [-0.39, 0.29) is 12.2 Å². The molecule has 4 nitrogen and oxygen atoms in total. The number of amides is 1. The van der Waals surface area contributed by atoms with Crippen LogP contribution in [0.3, 0.4) is 0 Å². The zero-order valence-corrected chi connectivity index (χ0v) is 13.2. The molecule has 1 amide bonds. The minimum Gasteiger partial charge on any atom is -0.444 e.